The second kappa shape index (κ2) is 4.13. The summed E-state index contributed by atoms with van der Waals surface area (Å²) in [4.78, 5) is 29.6. The van der Waals surface area contributed by atoms with Crippen molar-refractivity contribution in [1.29, 1.82) is 0 Å². The molecule has 1 aromatic heterocycles. The van der Waals surface area contributed by atoms with Gasteiger partial charge in [-0.1, -0.05) is 0 Å². The van der Waals surface area contributed by atoms with Crippen LogP contribution in [0.3, 0.4) is 0 Å². The third-order valence-electron chi connectivity index (χ3n) is 2.69. The van der Waals surface area contributed by atoms with Gasteiger partial charge < -0.3 is 19.6 Å². The summed E-state index contributed by atoms with van der Waals surface area (Å²) in [5.41, 5.74) is -0.0664. The molecule has 0 aliphatic carbocycles. The second-order valence-corrected chi connectivity index (χ2v) is 4.11. The van der Waals surface area contributed by atoms with E-state index in [1.54, 1.807) is 4.90 Å². The highest BCUT2D eigenvalue weighted by molar-refractivity contribution is 5.92. The Morgan fingerprint density at radius 2 is 2.31 bits per heavy atom. The van der Waals surface area contributed by atoms with Gasteiger partial charge in [0.05, 0.1) is 18.8 Å². The number of rotatable bonds is 1. The van der Waals surface area contributed by atoms with Gasteiger partial charge in [0, 0.05) is 12.7 Å². The van der Waals surface area contributed by atoms with E-state index in [2.05, 4.69) is 9.97 Å². The zero-order chi connectivity index (χ0) is 11.7. The number of H-pyrrole nitrogens is 2. The Bertz CT molecular complexity index is 437. The average Bonchev–Trinajstić information content (AvgIpc) is 2.67. The van der Waals surface area contributed by atoms with Crippen molar-refractivity contribution < 1.29 is 9.53 Å². The minimum absolute atomic E-state index is 0.0297. The Labute approximate surface area is 92.6 Å². The molecule has 1 aliphatic rings. The Balaban J connectivity index is 2.17. The smallest absolute Gasteiger partial charge is 0.323 e. The van der Waals surface area contributed by atoms with Crippen LogP contribution in [-0.4, -0.2) is 46.1 Å². The van der Waals surface area contributed by atoms with Crippen LogP contribution >= 0.6 is 0 Å². The third kappa shape index (κ3) is 2.01. The maximum absolute atomic E-state index is 12.0. The van der Waals surface area contributed by atoms with Crippen molar-refractivity contribution in [3.63, 3.8) is 0 Å². The first kappa shape index (κ1) is 10.9. The van der Waals surface area contributed by atoms with E-state index in [9.17, 15) is 9.59 Å². The number of morpholine rings is 1. The van der Waals surface area contributed by atoms with Gasteiger partial charge in [-0.3, -0.25) is 4.79 Å². The van der Waals surface area contributed by atoms with Gasteiger partial charge in [-0.25, -0.2) is 4.79 Å². The van der Waals surface area contributed by atoms with Crippen molar-refractivity contribution in [2.24, 2.45) is 0 Å². The summed E-state index contributed by atoms with van der Waals surface area (Å²) >= 11 is 0. The molecule has 6 nitrogen and oxygen atoms in total. The molecule has 2 heterocycles. The first-order valence-electron chi connectivity index (χ1n) is 5.28. The van der Waals surface area contributed by atoms with Gasteiger partial charge in [0.15, 0.2) is 0 Å². The van der Waals surface area contributed by atoms with Crippen LogP contribution in [0.15, 0.2) is 11.0 Å². The quantitative estimate of drug-likeness (QED) is 0.703. The van der Waals surface area contributed by atoms with Crippen molar-refractivity contribution in [3.8, 4) is 0 Å². The largest absolute Gasteiger partial charge is 0.375 e. The minimum Gasteiger partial charge on any atom is -0.375 e. The molecular weight excluding hydrogens is 210 g/mol. The number of hydrogen-bond acceptors (Lipinski definition) is 3. The fraction of sp³-hybridized carbons (Fsp3) is 0.600. The molecule has 1 fully saturated rings. The SMILES string of the molecule is C[C@@H]1CN(C(=O)c2c[nH]c(=O)[nH]2)[C@H](C)CO1. The van der Waals surface area contributed by atoms with Gasteiger partial charge >= 0.3 is 5.69 Å². The molecule has 1 aliphatic heterocycles. The summed E-state index contributed by atoms with van der Waals surface area (Å²) < 4.78 is 5.44. The highest BCUT2D eigenvalue weighted by Gasteiger charge is 2.28. The molecule has 1 amide bonds. The Morgan fingerprint density at radius 1 is 1.56 bits per heavy atom. The van der Waals surface area contributed by atoms with E-state index in [1.807, 2.05) is 13.8 Å². The lowest BCUT2D eigenvalue weighted by atomic mass is 10.2. The molecule has 2 rings (SSSR count). The lowest BCUT2D eigenvalue weighted by Crippen LogP contribution is -2.50. The van der Waals surface area contributed by atoms with Crippen LogP contribution < -0.4 is 5.69 Å². The number of carbonyl (C=O) groups is 1. The molecule has 2 N–H and O–H groups in total. The highest BCUT2D eigenvalue weighted by Crippen LogP contribution is 2.13. The second-order valence-electron chi connectivity index (χ2n) is 4.11. The number of nitrogens with zero attached hydrogens (tertiary/aromatic N) is 1. The van der Waals surface area contributed by atoms with E-state index >= 15 is 0 Å². The summed E-state index contributed by atoms with van der Waals surface area (Å²) in [6.07, 6.45) is 1.43. The number of carbonyl (C=O) groups excluding carboxylic acids is 1. The molecule has 2 atom stereocenters. The van der Waals surface area contributed by atoms with E-state index in [4.69, 9.17) is 4.74 Å². The monoisotopic (exact) mass is 225 g/mol. The van der Waals surface area contributed by atoms with Crippen molar-refractivity contribution in [1.82, 2.24) is 14.9 Å². The number of ether oxygens (including phenoxy) is 1. The summed E-state index contributed by atoms with van der Waals surface area (Å²) in [6, 6.07) is 0.0297. The molecule has 1 aromatic rings. The first-order chi connectivity index (χ1) is 7.58. The predicted molar refractivity (Wildman–Crippen MR) is 57.3 cm³/mol. The maximum Gasteiger partial charge on any atom is 0.323 e. The summed E-state index contributed by atoms with van der Waals surface area (Å²) in [5, 5.41) is 0. The van der Waals surface area contributed by atoms with Gasteiger partial charge in [0.2, 0.25) is 0 Å². The molecule has 0 saturated carbocycles. The average molecular weight is 225 g/mol. The fourth-order valence-corrected chi connectivity index (χ4v) is 1.79. The molecule has 0 unspecified atom stereocenters. The normalized spacial score (nSPS) is 25.8. The number of imidazole rings is 1. The Hall–Kier alpha value is -1.56. The zero-order valence-corrected chi connectivity index (χ0v) is 9.32. The van der Waals surface area contributed by atoms with E-state index in [0.29, 0.717) is 18.8 Å². The number of hydrogen-bond donors (Lipinski definition) is 2. The van der Waals surface area contributed by atoms with Crippen LogP contribution in [-0.2, 0) is 4.74 Å². The van der Waals surface area contributed by atoms with E-state index < -0.39 is 0 Å². The molecule has 0 spiro atoms. The van der Waals surface area contributed by atoms with Crippen LogP contribution in [0.4, 0.5) is 0 Å². The summed E-state index contributed by atoms with van der Waals surface area (Å²) in [6.45, 7) is 4.93. The molecule has 16 heavy (non-hydrogen) atoms. The Kier molecular flexibility index (Phi) is 2.82. The lowest BCUT2D eigenvalue weighted by Gasteiger charge is -2.36. The maximum atomic E-state index is 12.0. The zero-order valence-electron chi connectivity index (χ0n) is 9.32. The van der Waals surface area contributed by atoms with E-state index in [0.717, 1.165) is 0 Å². The molecule has 88 valence electrons. The van der Waals surface area contributed by atoms with E-state index in [-0.39, 0.29) is 23.7 Å². The summed E-state index contributed by atoms with van der Waals surface area (Å²) in [5.74, 6) is -0.166. The molecule has 0 radical (unpaired) electrons. The van der Waals surface area contributed by atoms with Crippen LogP contribution in [0.25, 0.3) is 0 Å². The van der Waals surface area contributed by atoms with Gasteiger partial charge in [-0.15, -0.1) is 0 Å². The van der Waals surface area contributed by atoms with Gasteiger partial charge in [0.25, 0.3) is 5.91 Å². The third-order valence-corrected chi connectivity index (χ3v) is 2.69. The minimum atomic E-state index is -0.364. The van der Waals surface area contributed by atoms with Crippen LogP contribution in [0.1, 0.15) is 24.3 Å². The van der Waals surface area contributed by atoms with Crippen molar-refractivity contribution in [2.45, 2.75) is 26.0 Å². The lowest BCUT2D eigenvalue weighted by molar-refractivity contribution is -0.0388. The van der Waals surface area contributed by atoms with Crippen LogP contribution in [0, 0.1) is 0 Å². The topological polar surface area (TPSA) is 78.2 Å². The first-order valence-corrected chi connectivity index (χ1v) is 5.28. The Morgan fingerprint density at radius 3 is 2.94 bits per heavy atom. The molecule has 6 heteroatoms. The highest BCUT2D eigenvalue weighted by atomic mass is 16.5. The van der Waals surface area contributed by atoms with Crippen molar-refractivity contribution in [3.05, 3.63) is 22.4 Å². The van der Waals surface area contributed by atoms with Gasteiger partial charge in [-0.2, -0.15) is 0 Å². The standard InChI is InChI=1S/C10H15N3O3/c1-6-5-16-7(2)4-13(6)9(14)8-3-11-10(15)12-8/h3,6-7H,4-5H2,1-2H3,(H2,11,12,15)/t6-,7-/m1/s1. The van der Waals surface area contributed by atoms with Gasteiger partial charge in [0.1, 0.15) is 5.69 Å². The van der Waals surface area contributed by atoms with Crippen molar-refractivity contribution in [2.75, 3.05) is 13.2 Å². The number of amides is 1. The number of aromatic amines is 2. The predicted octanol–water partition coefficient (Wildman–Crippen LogP) is -0.0476. The fourth-order valence-electron chi connectivity index (χ4n) is 1.79. The van der Waals surface area contributed by atoms with Gasteiger partial charge in [-0.05, 0) is 13.8 Å². The van der Waals surface area contributed by atoms with Crippen LogP contribution in [0.5, 0.6) is 0 Å². The number of nitrogens with one attached hydrogen (secondary N) is 2. The van der Waals surface area contributed by atoms with E-state index in [1.165, 1.54) is 6.20 Å². The number of aromatic nitrogens is 2. The molecular formula is C10H15N3O3. The summed E-state index contributed by atoms with van der Waals surface area (Å²) in [7, 11) is 0. The molecule has 1 saturated heterocycles. The molecule has 0 bridgehead atoms. The van der Waals surface area contributed by atoms with Crippen LogP contribution in [0.2, 0.25) is 0 Å². The molecule has 0 aromatic carbocycles. The van der Waals surface area contributed by atoms with Crippen molar-refractivity contribution >= 4 is 5.91 Å².